The molecule has 1 aliphatic carbocycles. The molecule has 1 aliphatic rings. The predicted molar refractivity (Wildman–Crippen MR) is 114 cm³/mol. The van der Waals surface area contributed by atoms with Gasteiger partial charge in [-0.1, -0.05) is 12.8 Å². The first-order chi connectivity index (χ1) is 14.7. The highest BCUT2D eigenvalue weighted by Gasteiger charge is 2.25. The van der Waals surface area contributed by atoms with E-state index in [-0.39, 0.29) is 42.7 Å². The van der Waals surface area contributed by atoms with Crippen molar-refractivity contribution in [1.29, 1.82) is 0 Å². The van der Waals surface area contributed by atoms with Crippen molar-refractivity contribution in [3.05, 3.63) is 24.0 Å². The normalized spacial score (nSPS) is 14.5. The van der Waals surface area contributed by atoms with Crippen molar-refractivity contribution in [3.63, 3.8) is 0 Å². The zero-order chi connectivity index (χ0) is 22.6. The van der Waals surface area contributed by atoms with Gasteiger partial charge < -0.3 is 19.5 Å². The summed E-state index contributed by atoms with van der Waals surface area (Å²) in [5, 5.41) is 14.2. The molecule has 0 atom stereocenters. The Morgan fingerprint density at radius 3 is 2.71 bits per heavy atom. The van der Waals surface area contributed by atoms with Crippen molar-refractivity contribution >= 4 is 15.9 Å². The number of amides is 1. The fourth-order valence-corrected chi connectivity index (χ4v) is 3.89. The van der Waals surface area contributed by atoms with Crippen LogP contribution in [0.3, 0.4) is 0 Å². The summed E-state index contributed by atoms with van der Waals surface area (Å²) in [7, 11) is 0.286. The highest BCUT2D eigenvalue weighted by atomic mass is 32.2. The quantitative estimate of drug-likeness (QED) is 0.646. The summed E-state index contributed by atoms with van der Waals surface area (Å²) in [5.74, 6) is -0.470. The average molecular weight is 453 g/mol. The molecule has 2 heterocycles. The van der Waals surface area contributed by atoms with Gasteiger partial charge in [0.15, 0.2) is 15.6 Å². The topological polar surface area (TPSA) is 124 Å². The second-order valence-corrected chi connectivity index (χ2v) is 9.99. The van der Waals surface area contributed by atoms with Gasteiger partial charge in [0.05, 0.1) is 23.3 Å². The summed E-state index contributed by atoms with van der Waals surface area (Å²) in [6.07, 6.45) is 6.52. The number of carbonyl (C=O) groups is 1. The van der Waals surface area contributed by atoms with Gasteiger partial charge in [-0.05, 0) is 25.0 Å². The first-order valence-corrected chi connectivity index (χ1v) is 12.1. The van der Waals surface area contributed by atoms with Crippen molar-refractivity contribution in [2.45, 2.75) is 38.3 Å². The second kappa shape index (κ2) is 9.54. The summed E-state index contributed by atoms with van der Waals surface area (Å²) in [6.45, 7) is -0.123. The van der Waals surface area contributed by atoms with Gasteiger partial charge in [0.1, 0.15) is 13.2 Å². The van der Waals surface area contributed by atoms with Crippen molar-refractivity contribution in [2.24, 2.45) is 7.05 Å². The molecule has 0 saturated heterocycles. The third-order valence-corrected chi connectivity index (χ3v) is 6.27. The molecule has 0 bridgehead atoms. The molecule has 11 heteroatoms. The molecule has 1 amide bonds. The molecule has 10 nitrogen and oxygen atoms in total. The Morgan fingerprint density at radius 1 is 1.32 bits per heavy atom. The Morgan fingerprint density at radius 2 is 2.03 bits per heavy atom. The number of hydrogen-bond acceptors (Lipinski definition) is 8. The van der Waals surface area contributed by atoms with Gasteiger partial charge in [0.2, 0.25) is 0 Å². The van der Waals surface area contributed by atoms with E-state index in [9.17, 15) is 18.3 Å². The molecule has 1 fully saturated rings. The lowest BCUT2D eigenvalue weighted by molar-refractivity contribution is 0.0899. The van der Waals surface area contributed by atoms with Gasteiger partial charge in [-0.3, -0.25) is 4.68 Å². The molecule has 1 N–H and O–H groups in total. The van der Waals surface area contributed by atoms with E-state index >= 15 is 0 Å². The number of aromatic nitrogens is 3. The maximum Gasteiger partial charge on any atom is 0.410 e. The van der Waals surface area contributed by atoms with Crippen LogP contribution in [-0.4, -0.2) is 71.0 Å². The number of hydrogen-bond donors (Lipinski definition) is 1. The highest BCUT2D eigenvalue weighted by Crippen LogP contribution is 2.30. The number of carbonyl (C=O) groups excluding carboxylic acids is 1. The molecule has 0 spiro atoms. The first kappa shape index (κ1) is 22.9. The van der Waals surface area contributed by atoms with Crippen LogP contribution in [0, 0.1) is 0 Å². The number of ether oxygens (including phenoxy) is 2. The van der Waals surface area contributed by atoms with Crippen LogP contribution in [0.2, 0.25) is 0 Å². The Balaban J connectivity index is 1.72. The zero-order valence-electron chi connectivity index (χ0n) is 17.9. The molecule has 0 aliphatic heterocycles. The van der Waals surface area contributed by atoms with Crippen LogP contribution in [0.5, 0.6) is 11.6 Å². The van der Waals surface area contributed by atoms with Crippen molar-refractivity contribution < 1.29 is 27.8 Å². The third kappa shape index (κ3) is 5.87. The first-order valence-electron chi connectivity index (χ1n) is 10.1. The van der Waals surface area contributed by atoms with Crippen LogP contribution in [0.15, 0.2) is 18.3 Å². The molecule has 31 heavy (non-hydrogen) atoms. The lowest BCUT2D eigenvalue weighted by atomic mass is 10.1. The van der Waals surface area contributed by atoms with Crippen LogP contribution in [0.4, 0.5) is 4.79 Å². The second-order valence-electron chi connectivity index (χ2n) is 7.73. The zero-order valence-corrected chi connectivity index (χ0v) is 18.8. The molecular formula is C20H28N4O6S. The maximum atomic E-state index is 12.4. The predicted octanol–water partition coefficient (Wildman–Crippen LogP) is 2.12. The number of nitrogens with zero attached hydrogens (tertiary/aromatic N) is 4. The SMILES string of the molecule is CN(C(=O)OCc1c(-c2ccc(O)c(OCCS(C)(=O)=O)n2)cnn1C)C1CCCC1. The summed E-state index contributed by atoms with van der Waals surface area (Å²) in [5.41, 5.74) is 1.70. The molecule has 0 aromatic carbocycles. The summed E-state index contributed by atoms with van der Waals surface area (Å²) in [6, 6.07) is 3.21. The lowest BCUT2D eigenvalue weighted by Gasteiger charge is -2.23. The summed E-state index contributed by atoms with van der Waals surface area (Å²) in [4.78, 5) is 18.4. The average Bonchev–Trinajstić information content (AvgIpc) is 3.36. The van der Waals surface area contributed by atoms with Crippen molar-refractivity contribution in [2.75, 3.05) is 25.7 Å². The van der Waals surface area contributed by atoms with E-state index in [1.165, 1.54) is 6.07 Å². The molecular weight excluding hydrogens is 424 g/mol. The molecule has 3 rings (SSSR count). The van der Waals surface area contributed by atoms with Gasteiger partial charge in [0, 0.05) is 32.0 Å². The Kier molecular flexibility index (Phi) is 7.04. The molecule has 0 radical (unpaired) electrons. The summed E-state index contributed by atoms with van der Waals surface area (Å²) < 4.78 is 35.0. The Hall–Kier alpha value is -2.82. The standard InChI is InChI=1S/C20H28N4O6S/c1-23(14-6-4-5-7-14)20(26)30-13-17-15(12-21-24(17)2)16-8-9-18(25)19(22-16)29-10-11-31(3,27)28/h8-9,12,14,25H,4-7,10-11,13H2,1-3H3. The van der Waals surface area contributed by atoms with E-state index in [0.717, 1.165) is 31.9 Å². The third-order valence-electron chi connectivity index (χ3n) is 5.36. The van der Waals surface area contributed by atoms with Gasteiger partial charge in [-0.15, -0.1) is 0 Å². The minimum absolute atomic E-state index is 0.00848. The maximum absolute atomic E-state index is 12.4. The van der Waals surface area contributed by atoms with Crippen LogP contribution < -0.4 is 4.74 Å². The fourth-order valence-electron chi connectivity index (χ4n) is 3.50. The number of rotatable bonds is 8. The van der Waals surface area contributed by atoms with E-state index < -0.39 is 9.84 Å². The van der Waals surface area contributed by atoms with E-state index in [0.29, 0.717) is 17.0 Å². The van der Waals surface area contributed by atoms with Crippen molar-refractivity contribution in [1.82, 2.24) is 19.7 Å². The van der Waals surface area contributed by atoms with E-state index in [1.54, 1.807) is 35.9 Å². The van der Waals surface area contributed by atoms with Crippen LogP contribution >= 0.6 is 0 Å². The number of pyridine rings is 1. The molecule has 0 unspecified atom stereocenters. The monoisotopic (exact) mass is 452 g/mol. The molecule has 170 valence electrons. The number of aromatic hydroxyl groups is 1. The van der Waals surface area contributed by atoms with E-state index in [2.05, 4.69) is 10.1 Å². The number of sulfone groups is 1. The van der Waals surface area contributed by atoms with Crippen LogP contribution in [-0.2, 0) is 28.2 Å². The molecule has 1 saturated carbocycles. The van der Waals surface area contributed by atoms with Gasteiger partial charge >= 0.3 is 6.09 Å². The van der Waals surface area contributed by atoms with E-state index in [1.807, 2.05) is 0 Å². The highest BCUT2D eigenvalue weighted by molar-refractivity contribution is 7.90. The van der Waals surface area contributed by atoms with Gasteiger partial charge in [-0.25, -0.2) is 18.2 Å². The smallest absolute Gasteiger partial charge is 0.410 e. The Bertz CT molecular complexity index is 1030. The molecule has 2 aromatic heterocycles. The number of aryl methyl sites for hydroxylation is 1. The van der Waals surface area contributed by atoms with Crippen LogP contribution in [0.25, 0.3) is 11.3 Å². The fraction of sp³-hybridized carbons (Fsp3) is 0.550. The molecule has 2 aromatic rings. The Labute approximate surface area is 181 Å². The minimum Gasteiger partial charge on any atom is -0.503 e. The minimum atomic E-state index is -3.20. The largest absolute Gasteiger partial charge is 0.503 e. The summed E-state index contributed by atoms with van der Waals surface area (Å²) >= 11 is 0. The van der Waals surface area contributed by atoms with Gasteiger partial charge in [-0.2, -0.15) is 5.10 Å². The van der Waals surface area contributed by atoms with E-state index in [4.69, 9.17) is 9.47 Å². The lowest BCUT2D eigenvalue weighted by Crippen LogP contribution is -2.35. The van der Waals surface area contributed by atoms with Crippen LogP contribution in [0.1, 0.15) is 31.4 Å². The van der Waals surface area contributed by atoms with Gasteiger partial charge in [0.25, 0.3) is 5.88 Å². The van der Waals surface area contributed by atoms with Crippen molar-refractivity contribution in [3.8, 4) is 22.9 Å².